The van der Waals surface area contributed by atoms with Crippen molar-refractivity contribution in [2.75, 3.05) is 26.7 Å². The molecule has 5 nitrogen and oxygen atoms in total. The number of hydrogen-bond donors (Lipinski definition) is 2. The van der Waals surface area contributed by atoms with Crippen LogP contribution in [0.2, 0.25) is 0 Å². The predicted octanol–water partition coefficient (Wildman–Crippen LogP) is 2.49. The maximum absolute atomic E-state index is 4.43. The predicted molar refractivity (Wildman–Crippen MR) is 103 cm³/mol. The van der Waals surface area contributed by atoms with Gasteiger partial charge in [-0.15, -0.1) is 22.7 Å². The number of thiophene rings is 1. The normalized spacial score (nSPS) is 15.3. The second-order valence-electron chi connectivity index (χ2n) is 5.82. The van der Waals surface area contributed by atoms with Crippen molar-refractivity contribution in [1.82, 2.24) is 20.5 Å². The molecule has 0 unspecified atom stereocenters. The van der Waals surface area contributed by atoms with Crippen LogP contribution in [-0.2, 0) is 25.9 Å². The Hall–Kier alpha value is -1.44. The van der Waals surface area contributed by atoms with Gasteiger partial charge in [-0.3, -0.25) is 9.89 Å². The van der Waals surface area contributed by atoms with Gasteiger partial charge in [0.25, 0.3) is 0 Å². The molecule has 0 saturated carbocycles. The Kier molecular flexibility index (Phi) is 6.23. The average molecular weight is 364 g/mol. The quantitative estimate of drug-likeness (QED) is 0.612. The van der Waals surface area contributed by atoms with Gasteiger partial charge in [-0.1, -0.05) is 6.92 Å². The van der Waals surface area contributed by atoms with Gasteiger partial charge in [-0.25, -0.2) is 4.98 Å². The molecule has 0 radical (unpaired) electrons. The SMILES string of the molecule is CCc1cnc(CNC(=NC)NCCN2CCc3sccc3C2)s1. The van der Waals surface area contributed by atoms with Crippen LogP contribution >= 0.6 is 22.7 Å². The fraction of sp³-hybridized carbons (Fsp3) is 0.529. The Morgan fingerprint density at radius 2 is 2.33 bits per heavy atom. The van der Waals surface area contributed by atoms with Crippen LogP contribution in [0.15, 0.2) is 22.6 Å². The molecule has 1 aliphatic heterocycles. The van der Waals surface area contributed by atoms with Crippen molar-refractivity contribution in [1.29, 1.82) is 0 Å². The maximum atomic E-state index is 4.43. The minimum Gasteiger partial charge on any atom is -0.355 e. The minimum absolute atomic E-state index is 0.728. The molecule has 2 N–H and O–H groups in total. The average Bonchev–Trinajstić information content (AvgIpc) is 3.26. The largest absolute Gasteiger partial charge is 0.355 e. The first-order valence-electron chi connectivity index (χ1n) is 8.44. The summed E-state index contributed by atoms with van der Waals surface area (Å²) in [5, 5.41) is 10.1. The van der Waals surface area contributed by atoms with E-state index in [2.05, 4.69) is 43.9 Å². The summed E-state index contributed by atoms with van der Waals surface area (Å²) < 4.78 is 0. The van der Waals surface area contributed by atoms with Crippen LogP contribution in [-0.4, -0.2) is 42.5 Å². The molecule has 0 spiro atoms. The molecule has 130 valence electrons. The van der Waals surface area contributed by atoms with E-state index in [1.54, 1.807) is 16.2 Å². The molecule has 2 aromatic heterocycles. The van der Waals surface area contributed by atoms with Gasteiger partial charge in [-0.05, 0) is 29.9 Å². The zero-order valence-electron chi connectivity index (χ0n) is 14.3. The van der Waals surface area contributed by atoms with Crippen LogP contribution in [0.1, 0.15) is 27.2 Å². The Morgan fingerprint density at radius 3 is 3.12 bits per heavy atom. The summed E-state index contributed by atoms with van der Waals surface area (Å²) in [6.07, 6.45) is 4.20. The Labute approximate surface area is 151 Å². The van der Waals surface area contributed by atoms with Gasteiger partial charge in [0.1, 0.15) is 5.01 Å². The number of aromatic nitrogens is 1. The van der Waals surface area contributed by atoms with E-state index in [9.17, 15) is 0 Å². The lowest BCUT2D eigenvalue weighted by molar-refractivity contribution is 0.260. The number of nitrogens with one attached hydrogen (secondary N) is 2. The highest BCUT2D eigenvalue weighted by molar-refractivity contribution is 7.11. The van der Waals surface area contributed by atoms with E-state index in [0.29, 0.717) is 0 Å². The topological polar surface area (TPSA) is 52.6 Å². The molecule has 2 aromatic rings. The number of hydrogen-bond acceptors (Lipinski definition) is 5. The summed E-state index contributed by atoms with van der Waals surface area (Å²) in [5.41, 5.74) is 1.50. The third-order valence-electron chi connectivity index (χ3n) is 4.19. The number of aryl methyl sites for hydroxylation is 1. The standard InChI is InChI=1S/C17H25N5S2/c1-3-14-10-20-16(24-14)11-21-17(18-2)19-6-8-22-7-4-15-13(12-22)5-9-23-15/h5,9-10H,3-4,6-8,11-12H2,1-2H3,(H2,18,19,21). The van der Waals surface area contributed by atoms with Crippen molar-refractivity contribution >= 4 is 28.6 Å². The fourth-order valence-electron chi connectivity index (χ4n) is 2.80. The lowest BCUT2D eigenvalue weighted by atomic mass is 10.1. The second kappa shape index (κ2) is 8.60. The molecule has 7 heteroatoms. The molecule has 3 heterocycles. The molecule has 3 rings (SSSR count). The van der Waals surface area contributed by atoms with Gasteiger partial charge >= 0.3 is 0 Å². The minimum atomic E-state index is 0.728. The van der Waals surface area contributed by atoms with Crippen LogP contribution in [0, 0.1) is 0 Å². The molecular weight excluding hydrogens is 338 g/mol. The number of aliphatic imine (C=N–C) groups is 1. The van der Waals surface area contributed by atoms with Crippen LogP contribution in [0.25, 0.3) is 0 Å². The van der Waals surface area contributed by atoms with Crippen molar-refractivity contribution in [2.24, 2.45) is 4.99 Å². The van der Waals surface area contributed by atoms with Gasteiger partial charge in [0, 0.05) is 49.2 Å². The smallest absolute Gasteiger partial charge is 0.191 e. The molecule has 0 saturated heterocycles. The molecule has 0 atom stereocenters. The van der Waals surface area contributed by atoms with Gasteiger partial charge in [0.05, 0.1) is 6.54 Å². The van der Waals surface area contributed by atoms with E-state index in [1.165, 1.54) is 16.9 Å². The van der Waals surface area contributed by atoms with Gasteiger partial charge < -0.3 is 10.6 Å². The summed E-state index contributed by atoms with van der Waals surface area (Å²) in [5.74, 6) is 0.844. The first-order chi connectivity index (χ1) is 11.8. The molecule has 0 aliphatic carbocycles. The summed E-state index contributed by atoms with van der Waals surface area (Å²) in [6, 6.07) is 2.26. The maximum Gasteiger partial charge on any atom is 0.191 e. The molecule has 24 heavy (non-hydrogen) atoms. The lowest BCUT2D eigenvalue weighted by Gasteiger charge is -2.27. The summed E-state index contributed by atoms with van der Waals surface area (Å²) in [6.45, 7) is 7.05. The van der Waals surface area contributed by atoms with Crippen LogP contribution in [0.3, 0.4) is 0 Å². The van der Waals surface area contributed by atoms with E-state index in [4.69, 9.17) is 0 Å². The van der Waals surface area contributed by atoms with E-state index in [-0.39, 0.29) is 0 Å². The highest BCUT2D eigenvalue weighted by atomic mass is 32.1. The van der Waals surface area contributed by atoms with E-state index >= 15 is 0 Å². The second-order valence-corrected chi connectivity index (χ2v) is 8.02. The van der Waals surface area contributed by atoms with Crippen LogP contribution < -0.4 is 10.6 Å². The lowest BCUT2D eigenvalue weighted by Crippen LogP contribution is -2.42. The van der Waals surface area contributed by atoms with Crippen molar-refractivity contribution in [3.8, 4) is 0 Å². The van der Waals surface area contributed by atoms with Crippen molar-refractivity contribution in [3.05, 3.63) is 38.0 Å². The zero-order valence-corrected chi connectivity index (χ0v) is 16.0. The van der Waals surface area contributed by atoms with Crippen molar-refractivity contribution in [2.45, 2.75) is 32.9 Å². The Balaban J connectivity index is 1.38. The number of nitrogens with zero attached hydrogens (tertiary/aromatic N) is 3. The fourth-order valence-corrected chi connectivity index (χ4v) is 4.50. The van der Waals surface area contributed by atoms with Crippen LogP contribution in [0.4, 0.5) is 0 Å². The zero-order chi connectivity index (χ0) is 16.8. The first kappa shape index (κ1) is 17.4. The molecule has 0 amide bonds. The van der Waals surface area contributed by atoms with E-state index in [1.807, 2.05) is 24.6 Å². The van der Waals surface area contributed by atoms with Gasteiger partial charge in [-0.2, -0.15) is 0 Å². The van der Waals surface area contributed by atoms with Gasteiger partial charge in [0.2, 0.25) is 0 Å². The van der Waals surface area contributed by atoms with E-state index < -0.39 is 0 Å². The summed E-state index contributed by atoms with van der Waals surface area (Å²) in [7, 11) is 1.81. The molecule has 0 aromatic carbocycles. The molecule has 0 bridgehead atoms. The van der Waals surface area contributed by atoms with E-state index in [0.717, 1.165) is 50.1 Å². The number of thiazole rings is 1. The number of guanidine groups is 1. The molecule has 0 fully saturated rings. The number of fused-ring (bicyclic) bond motifs is 1. The third-order valence-corrected chi connectivity index (χ3v) is 6.35. The Bertz CT molecular complexity index is 676. The highest BCUT2D eigenvalue weighted by Crippen LogP contribution is 2.23. The molecular formula is C17H25N5S2. The third kappa shape index (κ3) is 4.55. The van der Waals surface area contributed by atoms with Crippen LogP contribution in [0.5, 0.6) is 0 Å². The van der Waals surface area contributed by atoms with Crippen molar-refractivity contribution in [3.63, 3.8) is 0 Å². The molecule has 1 aliphatic rings. The first-order valence-corrected chi connectivity index (χ1v) is 10.1. The number of rotatable bonds is 6. The van der Waals surface area contributed by atoms with Crippen molar-refractivity contribution < 1.29 is 0 Å². The monoisotopic (exact) mass is 363 g/mol. The van der Waals surface area contributed by atoms with Gasteiger partial charge in [0.15, 0.2) is 5.96 Å². The summed E-state index contributed by atoms with van der Waals surface area (Å²) in [4.78, 5) is 14.1. The Morgan fingerprint density at radius 1 is 1.42 bits per heavy atom. The summed E-state index contributed by atoms with van der Waals surface area (Å²) >= 11 is 3.65. The highest BCUT2D eigenvalue weighted by Gasteiger charge is 2.16.